The number of β-amino-alcohol motifs (C(OH)–C–C–N with tert-alkyl or cyclic N) is 1. The topological polar surface area (TPSA) is 192 Å². The number of aliphatic hydroxyl groups is 1. The van der Waals surface area contributed by atoms with Crippen LogP contribution in [0.4, 0.5) is 17.5 Å². The minimum atomic E-state index is -0.855. The third kappa shape index (κ3) is 9.05. The summed E-state index contributed by atoms with van der Waals surface area (Å²) >= 11 is 0. The Balaban J connectivity index is 0.673. The number of para-hydroxylation sites is 1. The van der Waals surface area contributed by atoms with Crippen LogP contribution in [0.2, 0.25) is 0 Å². The number of phenolic OH excluding ortho intramolecular Hbond substituents is 1. The van der Waals surface area contributed by atoms with Crippen LogP contribution >= 0.6 is 0 Å². The first-order chi connectivity index (χ1) is 32.7. The van der Waals surface area contributed by atoms with Gasteiger partial charge in [0.15, 0.2) is 5.82 Å². The van der Waals surface area contributed by atoms with Gasteiger partial charge in [-0.05, 0) is 96.7 Å². The standard InChI is InChI=1S/C52H63N11O5/c1-5-32-10-12-33(13-11-32)26-54-48(67)43-20-39(64)31-63(43)49(68)45(51(2,3)4)57-47(66)35-24-52(25-35)22-34(23-52)36-27-55-50(56-28-36)60-16-14-37(15-17-60)61-18-19-62-38(30-61)29-53-46-42(62)21-41(58-59-46)40-8-6-7-9-44(40)65/h1,6-13,21,27-28,34-35,37-39,43,45,64-65H,14-20,22-26,29-31H2,2-4H3,(H,53,59)(H,54,67)(H,57,66)/t34?,35?,38-,39+,43-,45+,52?/m0/s1. The molecule has 356 valence electrons. The molecule has 0 bridgehead atoms. The molecule has 68 heavy (non-hydrogen) atoms. The molecule has 2 aromatic carbocycles. The molecule has 6 aliphatic rings. The predicted molar refractivity (Wildman–Crippen MR) is 258 cm³/mol. The van der Waals surface area contributed by atoms with Crippen LogP contribution in [-0.4, -0.2) is 134 Å². The molecular formula is C52H63N11O5. The second-order valence-electron chi connectivity index (χ2n) is 21.2. The van der Waals surface area contributed by atoms with Crippen LogP contribution in [0.3, 0.4) is 0 Å². The fourth-order valence-electron chi connectivity index (χ4n) is 11.7. The molecular weight excluding hydrogens is 859 g/mol. The number of phenols is 1. The number of nitrogens with zero attached hydrogens (tertiary/aromatic N) is 8. The first-order valence-electron chi connectivity index (χ1n) is 24.3. The van der Waals surface area contributed by atoms with E-state index in [2.05, 4.69) is 46.8 Å². The fraction of sp³-hybridized carbons (Fsp3) is 0.519. The van der Waals surface area contributed by atoms with E-state index in [1.165, 1.54) is 4.90 Å². The van der Waals surface area contributed by atoms with Crippen molar-refractivity contribution in [2.24, 2.45) is 16.7 Å². The molecule has 5 fully saturated rings. The molecule has 4 aromatic rings. The summed E-state index contributed by atoms with van der Waals surface area (Å²) in [4.78, 5) is 59.9. The van der Waals surface area contributed by atoms with Gasteiger partial charge in [0.1, 0.15) is 17.8 Å². The van der Waals surface area contributed by atoms with Crippen molar-refractivity contribution in [3.05, 3.63) is 83.7 Å². The van der Waals surface area contributed by atoms with Crippen LogP contribution < -0.4 is 25.8 Å². The van der Waals surface area contributed by atoms with Crippen LogP contribution in [0.1, 0.15) is 88.3 Å². The Kier molecular flexibility index (Phi) is 12.2. The van der Waals surface area contributed by atoms with Crippen molar-refractivity contribution in [3.63, 3.8) is 0 Å². The molecule has 0 unspecified atom stereocenters. The van der Waals surface area contributed by atoms with Gasteiger partial charge in [0, 0.05) is 94.3 Å². The minimum absolute atomic E-state index is 0.0313. The zero-order valence-electron chi connectivity index (χ0n) is 39.3. The Hall–Kier alpha value is -6.31. The molecule has 0 radical (unpaired) electrons. The normalized spacial score (nSPS) is 26.3. The SMILES string of the molecule is C#Cc1ccc(CNC(=O)[C@@H]2C[C@@H](O)CN2C(=O)[C@@H](NC(=O)C2CC3(C2)CC(c2cnc(N4CCC(N5CCN6c7cc(-c8ccccc8O)nnc7NC[C@H]6C5)CC4)nc2)C3)C(C)(C)C)cc1. The van der Waals surface area contributed by atoms with Gasteiger partial charge < -0.3 is 40.9 Å². The number of hydrogen-bond donors (Lipinski definition) is 5. The molecule has 16 heteroatoms. The summed E-state index contributed by atoms with van der Waals surface area (Å²) in [6, 6.07) is 15.7. The fourth-order valence-corrected chi connectivity index (χ4v) is 11.7. The first kappa shape index (κ1) is 45.5. The summed E-state index contributed by atoms with van der Waals surface area (Å²) in [5, 5.41) is 39.4. The number of fused-ring (bicyclic) bond motifs is 3. The lowest BCUT2D eigenvalue weighted by atomic mass is 9.47. The smallest absolute Gasteiger partial charge is 0.246 e. The Morgan fingerprint density at radius 1 is 0.926 bits per heavy atom. The lowest BCUT2D eigenvalue weighted by Crippen LogP contribution is -2.61. The second kappa shape index (κ2) is 18.3. The number of nitrogens with one attached hydrogen (secondary N) is 3. The van der Waals surface area contributed by atoms with Crippen molar-refractivity contribution >= 4 is 35.2 Å². The van der Waals surface area contributed by atoms with E-state index in [0.717, 1.165) is 112 Å². The number of hydrogen-bond acceptors (Lipinski definition) is 13. The number of aromatic hydroxyl groups is 1. The van der Waals surface area contributed by atoms with Crippen molar-refractivity contribution < 1.29 is 24.6 Å². The number of benzene rings is 2. The van der Waals surface area contributed by atoms with Crippen molar-refractivity contribution in [1.29, 1.82) is 0 Å². The third-order valence-electron chi connectivity index (χ3n) is 15.6. The van der Waals surface area contributed by atoms with E-state index in [9.17, 15) is 24.6 Å². The number of amides is 3. The number of carbonyl (C=O) groups is 3. The second-order valence-corrected chi connectivity index (χ2v) is 21.2. The van der Waals surface area contributed by atoms with Gasteiger partial charge in [0.2, 0.25) is 23.7 Å². The maximum Gasteiger partial charge on any atom is 0.246 e. The molecule has 4 aliphatic heterocycles. The van der Waals surface area contributed by atoms with Gasteiger partial charge in [-0.1, -0.05) is 51.0 Å². The number of carbonyl (C=O) groups excluding carboxylic acids is 3. The highest BCUT2D eigenvalue weighted by molar-refractivity contribution is 5.93. The van der Waals surface area contributed by atoms with Crippen LogP contribution in [0.15, 0.2) is 67.0 Å². The third-order valence-corrected chi connectivity index (χ3v) is 15.6. The highest BCUT2D eigenvalue weighted by atomic mass is 16.3. The summed E-state index contributed by atoms with van der Waals surface area (Å²) < 4.78 is 0. The number of piperazine rings is 1. The van der Waals surface area contributed by atoms with Gasteiger partial charge >= 0.3 is 0 Å². The number of rotatable bonds is 10. The maximum atomic E-state index is 14.2. The van der Waals surface area contributed by atoms with E-state index < -0.39 is 23.6 Å². The molecule has 6 heterocycles. The van der Waals surface area contributed by atoms with Crippen molar-refractivity contribution in [3.8, 4) is 29.4 Å². The van der Waals surface area contributed by atoms with E-state index >= 15 is 0 Å². The number of terminal acetylenes is 1. The molecule has 2 saturated carbocycles. The molecule has 2 aliphatic carbocycles. The highest BCUT2D eigenvalue weighted by Gasteiger charge is 2.56. The summed E-state index contributed by atoms with van der Waals surface area (Å²) in [5.74, 6) is 3.71. The first-order valence-corrected chi connectivity index (χ1v) is 24.3. The van der Waals surface area contributed by atoms with Crippen LogP contribution in [-0.2, 0) is 20.9 Å². The zero-order valence-corrected chi connectivity index (χ0v) is 39.3. The highest BCUT2D eigenvalue weighted by Crippen LogP contribution is 2.64. The molecule has 4 atom stereocenters. The van der Waals surface area contributed by atoms with Gasteiger partial charge in [-0.2, -0.15) is 0 Å². The summed E-state index contributed by atoms with van der Waals surface area (Å²) in [5.41, 5.74) is 4.65. The summed E-state index contributed by atoms with van der Waals surface area (Å²) in [6.07, 6.45) is 14.4. The molecule has 3 saturated heterocycles. The molecule has 3 amide bonds. The number of piperidine rings is 1. The molecule has 5 N–H and O–H groups in total. The largest absolute Gasteiger partial charge is 0.507 e. The van der Waals surface area contributed by atoms with Gasteiger partial charge in [-0.25, -0.2) is 9.97 Å². The Morgan fingerprint density at radius 3 is 2.37 bits per heavy atom. The van der Waals surface area contributed by atoms with Gasteiger partial charge in [0.25, 0.3) is 0 Å². The van der Waals surface area contributed by atoms with E-state index in [4.69, 9.17) is 16.4 Å². The quantitative estimate of drug-likeness (QED) is 0.142. The molecule has 10 rings (SSSR count). The lowest BCUT2D eigenvalue weighted by molar-refractivity contribution is -0.148. The zero-order chi connectivity index (χ0) is 47.3. The van der Waals surface area contributed by atoms with E-state index in [0.29, 0.717) is 29.3 Å². The van der Waals surface area contributed by atoms with Crippen molar-refractivity contribution in [2.75, 3.05) is 60.9 Å². The van der Waals surface area contributed by atoms with Crippen LogP contribution in [0.25, 0.3) is 11.3 Å². The number of aromatic nitrogens is 4. The number of aliphatic hydroxyl groups excluding tert-OH is 1. The Morgan fingerprint density at radius 2 is 1.66 bits per heavy atom. The van der Waals surface area contributed by atoms with Crippen LogP contribution in [0.5, 0.6) is 5.75 Å². The lowest BCUT2D eigenvalue weighted by Gasteiger charge is -2.57. The average molecular weight is 922 g/mol. The predicted octanol–water partition coefficient (Wildman–Crippen LogP) is 4.29. The Bertz CT molecular complexity index is 2560. The van der Waals surface area contributed by atoms with E-state index in [-0.39, 0.29) is 54.3 Å². The van der Waals surface area contributed by atoms with Crippen molar-refractivity contribution in [1.82, 2.24) is 40.6 Å². The molecule has 1 spiro atoms. The van der Waals surface area contributed by atoms with Gasteiger partial charge in [-0.3, -0.25) is 19.3 Å². The summed E-state index contributed by atoms with van der Waals surface area (Å²) in [7, 11) is 0. The average Bonchev–Trinajstić information content (AvgIpc) is 3.72. The maximum absolute atomic E-state index is 14.2. The molecule has 2 aromatic heterocycles. The number of anilines is 3. The van der Waals surface area contributed by atoms with E-state index in [1.807, 2.05) is 81.7 Å². The van der Waals surface area contributed by atoms with E-state index in [1.54, 1.807) is 6.07 Å². The monoisotopic (exact) mass is 922 g/mol. The number of likely N-dealkylation sites (tertiary alicyclic amines) is 1. The van der Waals surface area contributed by atoms with Gasteiger partial charge in [-0.15, -0.1) is 16.6 Å². The minimum Gasteiger partial charge on any atom is -0.507 e. The summed E-state index contributed by atoms with van der Waals surface area (Å²) in [6.45, 7) is 11.5. The van der Waals surface area contributed by atoms with Gasteiger partial charge in [0.05, 0.1) is 23.5 Å². The van der Waals surface area contributed by atoms with Crippen LogP contribution in [0, 0.1) is 29.1 Å². The van der Waals surface area contributed by atoms with Crippen molar-refractivity contribution in [2.45, 2.75) is 108 Å². The Labute approximate surface area is 398 Å². The molecule has 16 nitrogen and oxygen atoms in total.